The molecular formula is C15H17N5O3. The van der Waals surface area contributed by atoms with Crippen molar-refractivity contribution in [2.75, 3.05) is 19.8 Å². The van der Waals surface area contributed by atoms with Crippen LogP contribution < -0.4 is 10.6 Å². The van der Waals surface area contributed by atoms with Crippen molar-refractivity contribution in [2.24, 2.45) is 0 Å². The fraction of sp³-hybridized carbons (Fsp3) is 0.467. The number of hydrogen-bond donors (Lipinski definition) is 2. The Morgan fingerprint density at radius 1 is 1.26 bits per heavy atom. The van der Waals surface area contributed by atoms with Gasteiger partial charge in [-0.2, -0.15) is 5.10 Å². The van der Waals surface area contributed by atoms with Crippen LogP contribution >= 0.6 is 0 Å². The second kappa shape index (κ2) is 5.62. The number of fused-ring (bicyclic) bond motifs is 1. The van der Waals surface area contributed by atoms with Gasteiger partial charge in [0.2, 0.25) is 5.91 Å². The molecule has 0 bridgehead atoms. The van der Waals surface area contributed by atoms with E-state index < -0.39 is 11.9 Å². The Morgan fingerprint density at radius 2 is 2.09 bits per heavy atom. The number of imidazole rings is 1. The molecule has 2 N–H and O–H groups in total. The van der Waals surface area contributed by atoms with Crippen LogP contribution in [-0.4, -0.2) is 46.3 Å². The van der Waals surface area contributed by atoms with Gasteiger partial charge in [-0.25, -0.2) is 14.3 Å². The number of urea groups is 1. The minimum Gasteiger partial charge on any atom is -0.381 e. The lowest BCUT2D eigenvalue weighted by Gasteiger charge is -2.25. The van der Waals surface area contributed by atoms with Crippen LogP contribution in [0.1, 0.15) is 35.9 Å². The Kier molecular flexibility index (Phi) is 3.45. The third kappa shape index (κ3) is 2.55. The fourth-order valence-electron chi connectivity index (χ4n) is 3.21. The van der Waals surface area contributed by atoms with Crippen LogP contribution in [0.15, 0.2) is 18.5 Å². The molecule has 23 heavy (non-hydrogen) atoms. The molecule has 2 aliphatic rings. The number of nitrogens with one attached hydrogen (secondary N) is 2. The molecule has 2 aromatic rings. The normalized spacial score (nSPS) is 22.9. The average Bonchev–Trinajstić information content (AvgIpc) is 3.03. The van der Waals surface area contributed by atoms with E-state index in [2.05, 4.69) is 20.7 Å². The molecule has 0 spiro atoms. The second-order valence-electron chi connectivity index (χ2n) is 5.86. The maximum absolute atomic E-state index is 12.1. The Balaban J connectivity index is 1.75. The van der Waals surface area contributed by atoms with E-state index in [-0.39, 0.29) is 12.5 Å². The van der Waals surface area contributed by atoms with Gasteiger partial charge in [-0.05, 0) is 24.8 Å². The summed E-state index contributed by atoms with van der Waals surface area (Å²) in [6.07, 6.45) is 5.35. The van der Waals surface area contributed by atoms with Gasteiger partial charge in [-0.3, -0.25) is 10.1 Å². The van der Waals surface area contributed by atoms with Crippen molar-refractivity contribution in [3.8, 4) is 0 Å². The van der Waals surface area contributed by atoms with Crippen molar-refractivity contribution in [1.82, 2.24) is 25.2 Å². The first kappa shape index (κ1) is 14.1. The summed E-state index contributed by atoms with van der Waals surface area (Å²) in [5.41, 5.74) is 2.56. The molecule has 0 aromatic carbocycles. The van der Waals surface area contributed by atoms with Gasteiger partial charge in [0.1, 0.15) is 0 Å². The van der Waals surface area contributed by atoms with Crippen molar-refractivity contribution in [2.45, 2.75) is 24.7 Å². The van der Waals surface area contributed by atoms with Gasteiger partial charge < -0.3 is 10.1 Å². The molecule has 4 heterocycles. The Morgan fingerprint density at radius 3 is 2.87 bits per heavy atom. The molecule has 4 rings (SSSR count). The predicted molar refractivity (Wildman–Crippen MR) is 80.1 cm³/mol. The quantitative estimate of drug-likeness (QED) is 0.843. The van der Waals surface area contributed by atoms with E-state index in [0.29, 0.717) is 11.6 Å². The van der Waals surface area contributed by atoms with E-state index in [1.807, 2.05) is 6.07 Å². The molecule has 0 radical (unpaired) electrons. The van der Waals surface area contributed by atoms with Gasteiger partial charge in [-0.15, -0.1) is 0 Å². The third-order valence-electron chi connectivity index (χ3n) is 4.44. The van der Waals surface area contributed by atoms with E-state index in [1.165, 1.54) is 0 Å². The lowest BCUT2D eigenvalue weighted by molar-refractivity contribution is -0.122. The Bertz CT molecular complexity index is 766. The van der Waals surface area contributed by atoms with Gasteiger partial charge >= 0.3 is 6.03 Å². The number of aromatic nitrogens is 3. The molecular weight excluding hydrogens is 298 g/mol. The first-order chi connectivity index (χ1) is 11.2. The first-order valence-electron chi connectivity index (χ1n) is 7.73. The van der Waals surface area contributed by atoms with E-state index in [4.69, 9.17) is 4.74 Å². The molecule has 1 unspecified atom stereocenters. The second-order valence-corrected chi connectivity index (χ2v) is 5.86. The molecule has 2 fully saturated rings. The van der Waals surface area contributed by atoms with Crippen molar-refractivity contribution in [3.05, 3.63) is 29.7 Å². The van der Waals surface area contributed by atoms with Gasteiger partial charge in [0, 0.05) is 37.7 Å². The summed E-state index contributed by atoms with van der Waals surface area (Å²) in [6, 6.07) is 1.50. The molecule has 2 aliphatic heterocycles. The molecule has 0 aliphatic carbocycles. The first-order valence-corrected chi connectivity index (χ1v) is 7.73. The van der Waals surface area contributed by atoms with E-state index in [1.54, 1.807) is 16.9 Å². The van der Waals surface area contributed by atoms with Crippen molar-refractivity contribution >= 4 is 17.6 Å². The summed E-state index contributed by atoms with van der Waals surface area (Å²) in [7, 11) is 0. The summed E-state index contributed by atoms with van der Waals surface area (Å²) in [5, 5.41) is 9.44. The number of rotatable bonds is 2. The minimum atomic E-state index is -0.488. The Hall–Kier alpha value is -2.48. The van der Waals surface area contributed by atoms with Crippen molar-refractivity contribution < 1.29 is 14.3 Å². The van der Waals surface area contributed by atoms with Gasteiger partial charge in [0.05, 0.1) is 11.6 Å². The smallest absolute Gasteiger partial charge is 0.321 e. The lowest BCUT2D eigenvalue weighted by atomic mass is 9.90. The minimum absolute atomic E-state index is 0.255. The van der Waals surface area contributed by atoms with Crippen molar-refractivity contribution in [1.29, 1.82) is 0 Å². The molecule has 120 valence electrons. The SMILES string of the molecule is O=C1NCC(c2cc(C3CCOCC3)c3nccn3n2)C(=O)N1. The van der Waals surface area contributed by atoms with Crippen LogP contribution in [0, 0.1) is 0 Å². The summed E-state index contributed by atoms with van der Waals surface area (Å²) < 4.78 is 7.15. The fourth-order valence-corrected chi connectivity index (χ4v) is 3.21. The Labute approximate surface area is 132 Å². The number of carbonyl (C=O) groups is 2. The van der Waals surface area contributed by atoms with E-state index in [9.17, 15) is 9.59 Å². The standard InChI is InChI=1S/C15H17N5O3/c21-14-11(8-17-15(22)18-14)12-7-10(9-1-5-23-6-2-9)13-16-3-4-20(13)19-12/h3-4,7,9,11H,1-2,5-6,8H2,(H2,17,18,21,22). The van der Waals surface area contributed by atoms with Crippen LogP contribution in [0.3, 0.4) is 0 Å². The van der Waals surface area contributed by atoms with Crippen molar-refractivity contribution in [3.63, 3.8) is 0 Å². The van der Waals surface area contributed by atoms with Gasteiger partial charge in [0.15, 0.2) is 5.65 Å². The number of carbonyl (C=O) groups excluding carboxylic acids is 2. The predicted octanol–water partition coefficient (Wildman–Crippen LogP) is 0.546. The highest BCUT2D eigenvalue weighted by molar-refractivity contribution is 6.00. The average molecular weight is 315 g/mol. The summed E-state index contributed by atoms with van der Waals surface area (Å²) in [4.78, 5) is 27.8. The zero-order chi connectivity index (χ0) is 15.8. The topological polar surface area (TPSA) is 97.6 Å². The monoisotopic (exact) mass is 315 g/mol. The number of imide groups is 1. The van der Waals surface area contributed by atoms with Gasteiger partial charge in [0.25, 0.3) is 0 Å². The van der Waals surface area contributed by atoms with E-state index in [0.717, 1.165) is 37.3 Å². The summed E-state index contributed by atoms with van der Waals surface area (Å²) >= 11 is 0. The highest BCUT2D eigenvalue weighted by Gasteiger charge is 2.30. The van der Waals surface area contributed by atoms with Crippen LogP contribution in [0.2, 0.25) is 0 Å². The lowest BCUT2D eigenvalue weighted by Crippen LogP contribution is -2.51. The van der Waals surface area contributed by atoms with E-state index >= 15 is 0 Å². The molecule has 2 aromatic heterocycles. The van der Waals surface area contributed by atoms with Crippen LogP contribution in [-0.2, 0) is 9.53 Å². The zero-order valence-electron chi connectivity index (χ0n) is 12.5. The largest absolute Gasteiger partial charge is 0.381 e. The maximum atomic E-state index is 12.1. The van der Waals surface area contributed by atoms with Crippen LogP contribution in [0.4, 0.5) is 4.79 Å². The number of ether oxygens (including phenoxy) is 1. The van der Waals surface area contributed by atoms with Gasteiger partial charge in [-0.1, -0.05) is 0 Å². The molecule has 2 saturated heterocycles. The third-order valence-corrected chi connectivity index (χ3v) is 4.44. The summed E-state index contributed by atoms with van der Waals surface area (Å²) in [5.74, 6) is -0.464. The molecule has 1 atom stereocenters. The number of amides is 3. The number of hydrogen-bond acceptors (Lipinski definition) is 5. The molecule has 8 nitrogen and oxygen atoms in total. The molecule has 3 amide bonds. The summed E-state index contributed by atoms with van der Waals surface area (Å²) in [6.45, 7) is 1.72. The zero-order valence-corrected chi connectivity index (χ0v) is 12.5. The highest BCUT2D eigenvalue weighted by atomic mass is 16.5. The van der Waals surface area contributed by atoms with Crippen LogP contribution in [0.25, 0.3) is 5.65 Å². The maximum Gasteiger partial charge on any atom is 0.321 e. The molecule has 8 heteroatoms. The van der Waals surface area contributed by atoms with Crippen LogP contribution in [0.5, 0.6) is 0 Å². The highest BCUT2D eigenvalue weighted by Crippen LogP contribution is 2.31. The molecule has 0 saturated carbocycles. The number of nitrogens with zero attached hydrogens (tertiary/aromatic N) is 3.